The number of benzene rings is 1. The minimum Gasteiger partial charge on any atom is -0.347 e. The van der Waals surface area contributed by atoms with Gasteiger partial charge in [-0.15, -0.1) is 0 Å². The molecule has 106 valence electrons. The molecule has 3 heterocycles. The molecule has 1 aromatic carbocycles. The van der Waals surface area contributed by atoms with Gasteiger partial charge in [0.1, 0.15) is 0 Å². The first-order chi connectivity index (χ1) is 9.70. The number of aromatic nitrogens is 1. The zero-order chi connectivity index (χ0) is 13.7. The van der Waals surface area contributed by atoms with Gasteiger partial charge in [0.2, 0.25) is 0 Å². The third-order valence-electron chi connectivity index (χ3n) is 5.38. The van der Waals surface area contributed by atoms with Crippen LogP contribution in [0.5, 0.6) is 0 Å². The van der Waals surface area contributed by atoms with Gasteiger partial charge in [-0.25, -0.2) is 0 Å². The molecule has 4 rings (SSSR count). The van der Waals surface area contributed by atoms with Gasteiger partial charge in [-0.2, -0.15) is 0 Å². The largest absolute Gasteiger partial charge is 0.347 e. The summed E-state index contributed by atoms with van der Waals surface area (Å²) in [5.74, 6) is 0.850. The highest BCUT2D eigenvalue weighted by Crippen LogP contribution is 2.38. The van der Waals surface area contributed by atoms with E-state index in [4.69, 9.17) is 0 Å². The van der Waals surface area contributed by atoms with E-state index in [0.717, 1.165) is 18.0 Å². The van der Waals surface area contributed by atoms with Crippen LogP contribution in [0, 0.1) is 5.92 Å². The van der Waals surface area contributed by atoms with E-state index in [1.807, 2.05) is 0 Å². The molecule has 2 bridgehead atoms. The maximum atomic E-state index is 3.56. The van der Waals surface area contributed by atoms with Crippen LogP contribution in [-0.4, -0.2) is 28.6 Å². The molecule has 2 nitrogen and oxygen atoms in total. The van der Waals surface area contributed by atoms with Gasteiger partial charge < -0.3 is 9.47 Å². The van der Waals surface area contributed by atoms with Crippen molar-refractivity contribution >= 4 is 26.8 Å². The third kappa shape index (κ3) is 2.11. The van der Waals surface area contributed by atoms with E-state index < -0.39 is 0 Å². The fourth-order valence-electron chi connectivity index (χ4n) is 4.28. The molecule has 1 aromatic heterocycles. The van der Waals surface area contributed by atoms with Crippen LogP contribution in [0.4, 0.5) is 0 Å². The fraction of sp³-hybridized carbons (Fsp3) is 0.529. The van der Waals surface area contributed by atoms with E-state index >= 15 is 0 Å². The van der Waals surface area contributed by atoms with Crippen LogP contribution in [0.25, 0.3) is 10.9 Å². The van der Waals surface area contributed by atoms with Crippen LogP contribution in [-0.2, 0) is 6.54 Å². The van der Waals surface area contributed by atoms with Crippen LogP contribution < -0.4 is 0 Å². The Morgan fingerprint density at radius 2 is 1.90 bits per heavy atom. The molecule has 0 spiro atoms. The minimum atomic E-state index is 0.842. The van der Waals surface area contributed by atoms with Crippen molar-refractivity contribution in [2.75, 3.05) is 7.05 Å². The van der Waals surface area contributed by atoms with Crippen LogP contribution in [0.2, 0.25) is 0 Å². The number of hydrogen-bond donors (Lipinski definition) is 0. The summed E-state index contributed by atoms with van der Waals surface area (Å²) in [6.07, 6.45) is 7.85. The van der Waals surface area contributed by atoms with E-state index in [1.54, 1.807) is 0 Å². The molecule has 2 atom stereocenters. The lowest BCUT2D eigenvalue weighted by atomic mass is 9.91. The first-order valence-corrected chi connectivity index (χ1v) is 8.46. The normalized spacial score (nSPS) is 30.2. The van der Waals surface area contributed by atoms with Gasteiger partial charge in [0.25, 0.3) is 0 Å². The first-order valence-electron chi connectivity index (χ1n) is 7.67. The van der Waals surface area contributed by atoms with Crippen molar-refractivity contribution in [3.05, 3.63) is 34.9 Å². The monoisotopic (exact) mass is 332 g/mol. The molecule has 2 aromatic rings. The molecular formula is C17H21BrN2. The molecule has 2 aliphatic rings. The molecule has 2 unspecified atom stereocenters. The number of rotatable bonds is 2. The van der Waals surface area contributed by atoms with Crippen molar-refractivity contribution in [3.63, 3.8) is 0 Å². The molecule has 0 N–H and O–H groups in total. The summed E-state index contributed by atoms with van der Waals surface area (Å²) in [7, 11) is 2.32. The fourth-order valence-corrected chi connectivity index (χ4v) is 4.66. The minimum absolute atomic E-state index is 0.842. The van der Waals surface area contributed by atoms with Gasteiger partial charge in [0.05, 0.1) is 0 Å². The van der Waals surface area contributed by atoms with E-state index in [0.29, 0.717) is 0 Å². The van der Waals surface area contributed by atoms with E-state index in [9.17, 15) is 0 Å². The van der Waals surface area contributed by atoms with Crippen molar-refractivity contribution in [2.24, 2.45) is 5.92 Å². The van der Waals surface area contributed by atoms with Crippen molar-refractivity contribution < 1.29 is 0 Å². The van der Waals surface area contributed by atoms with Crippen molar-refractivity contribution in [1.82, 2.24) is 9.47 Å². The highest BCUT2D eigenvalue weighted by atomic mass is 79.9. The summed E-state index contributed by atoms with van der Waals surface area (Å²) in [6, 6.07) is 10.5. The number of fused-ring (bicyclic) bond motifs is 3. The van der Waals surface area contributed by atoms with Crippen LogP contribution in [0.15, 0.2) is 34.9 Å². The Morgan fingerprint density at radius 3 is 2.65 bits per heavy atom. The summed E-state index contributed by atoms with van der Waals surface area (Å²) >= 11 is 3.56. The maximum Gasteiger partial charge on any atom is 0.0481 e. The molecule has 3 heteroatoms. The molecule has 0 saturated carbocycles. The van der Waals surface area contributed by atoms with E-state index in [2.05, 4.69) is 62.9 Å². The molecule has 2 fully saturated rings. The number of piperidine rings is 1. The maximum absolute atomic E-state index is 3.56. The topological polar surface area (TPSA) is 8.17 Å². The summed E-state index contributed by atoms with van der Waals surface area (Å²) < 4.78 is 3.62. The molecule has 2 saturated heterocycles. The second-order valence-electron chi connectivity index (χ2n) is 6.56. The Morgan fingerprint density at radius 1 is 1.15 bits per heavy atom. The average Bonchev–Trinajstić information content (AvgIpc) is 2.88. The molecule has 0 radical (unpaired) electrons. The van der Waals surface area contributed by atoms with Crippen LogP contribution in [0.1, 0.15) is 25.7 Å². The van der Waals surface area contributed by atoms with Gasteiger partial charge in [0.15, 0.2) is 0 Å². The van der Waals surface area contributed by atoms with Gasteiger partial charge in [-0.05, 0) is 62.9 Å². The quantitative estimate of drug-likeness (QED) is 0.796. The van der Waals surface area contributed by atoms with Gasteiger partial charge in [-0.1, -0.05) is 15.9 Å². The van der Waals surface area contributed by atoms with Gasteiger partial charge in [-0.3, -0.25) is 0 Å². The van der Waals surface area contributed by atoms with Crippen molar-refractivity contribution in [1.29, 1.82) is 0 Å². The predicted molar refractivity (Wildman–Crippen MR) is 86.9 cm³/mol. The lowest BCUT2D eigenvalue weighted by Gasteiger charge is -2.36. The second-order valence-corrected chi connectivity index (χ2v) is 7.47. The number of halogens is 1. The Bertz CT molecular complexity index is 619. The average molecular weight is 333 g/mol. The van der Waals surface area contributed by atoms with Gasteiger partial charge >= 0.3 is 0 Å². The highest BCUT2D eigenvalue weighted by Gasteiger charge is 2.38. The Labute approximate surface area is 128 Å². The molecule has 20 heavy (non-hydrogen) atoms. The third-order valence-corrected chi connectivity index (χ3v) is 5.88. The predicted octanol–water partition coefficient (Wildman–Crippen LogP) is 4.28. The summed E-state index contributed by atoms with van der Waals surface area (Å²) in [4.78, 5) is 2.63. The lowest BCUT2D eigenvalue weighted by molar-refractivity contribution is 0.126. The second kappa shape index (κ2) is 4.88. The van der Waals surface area contributed by atoms with Crippen molar-refractivity contribution in [2.45, 2.75) is 44.3 Å². The standard InChI is InChI=1S/C17H21BrN2/c1-19-15-3-4-16(19)9-12(8-15)11-20-7-6-13-10-14(18)2-5-17(13)20/h2,5-7,10,12,15-16H,3-4,8-9,11H2,1H3. The molecular weight excluding hydrogens is 312 g/mol. The Kier molecular flexibility index (Phi) is 3.15. The SMILES string of the molecule is CN1C2CCC1CC(Cn1ccc3cc(Br)ccc31)C2. The zero-order valence-corrected chi connectivity index (χ0v) is 13.5. The summed E-state index contributed by atoms with van der Waals surface area (Å²) in [5.41, 5.74) is 1.37. The molecule has 2 aliphatic heterocycles. The summed E-state index contributed by atoms with van der Waals surface area (Å²) in [6.45, 7) is 1.19. The zero-order valence-electron chi connectivity index (χ0n) is 11.9. The smallest absolute Gasteiger partial charge is 0.0481 e. The number of hydrogen-bond acceptors (Lipinski definition) is 1. The Hall–Kier alpha value is -0.800. The van der Waals surface area contributed by atoms with Crippen LogP contribution in [0.3, 0.4) is 0 Å². The van der Waals surface area contributed by atoms with Crippen LogP contribution >= 0.6 is 15.9 Å². The first kappa shape index (κ1) is 12.9. The van der Waals surface area contributed by atoms with Gasteiger partial charge in [0, 0.05) is 40.2 Å². The summed E-state index contributed by atoms with van der Waals surface area (Å²) in [5, 5.41) is 1.34. The highest BCUT2D eigenvalue weighted by molar-refractivity contribution is 9.10. The van der Waals surface area contributed by atoms with E-state index in [-0.39, 0.29) is 0 Å². The van der Waals surface area contributed by atoms with E-state index in [1.165, 1.54) is 47.6 Å². The van der Waals surface area contributed by atoms with Crippen molar-refractivity contribution in [3.8, 4) is 0 Å². The Balaban J connectivity index is 1.56. The molecule has 0 amide bonds. The lowest BCUT2D eigenvalue weighted by Crippen LogP contribution is -2.40. The number of nitrogens with zero attached hydrogens (tertiary/aromatic N) is 2. The molecule has 0 aliphatic carbocycles.